The van der Waals surface area contributed by atoms with Crippen LogP contribution < -0.4 is 20.3 Å². The van der Waals surface area contributed by atoms with Crippen LogP contribution in [0.4, 0.5) is 8.78 Å². The van der Waals surface area contributed by atoms with Gasteiger partial charge in [0, 0.05) is 11.4 Å². The van der Waals surface area contributed by atoms with E-state index in [1.165, 1.54) is 35.9 Å². The van der Waals surface area contributed by atoms with Crippen molar-refractivity contribution in [1.82, 2.24) is 15.3 Å². The van der Waals surface area contributed by atoms with Crippen LogP contribution in [0.1, 0.15) is 28.2 Å². The Kier molecular flexibility index (Phi) is 6.95. The Labute approximate surface area is 190 Å². The molecule has 2 heterocycles. The van der Waals surface area contributed by atoms with Crippen molar-refractivity contribution in [3.8, 4) is 11.5 Å². The largest absolute Gasteiger partial charge is 0.493 e. The maximum absolute atomic E-state index is 12.5. The van der Waals surface area contributed by atoms with Crippen LogP contribution in [0.5, 0.6) is 11.5 Å². The van der Waals surface area contributed by atoms with Gasteiger partial charge in [-0.2, -0.15) is 8.78 Å². The molecule has 1 aliphatic carbocycles. The number of rotatable bonds is 9. The summed E-state index contributed by atoms with van der Waals surface area (Å²) in [6, 6.07) is 4.57. The molecule has 2 N–H and O–H groups in total. The normalized spacial score (nSPS) is 12.9. The molecule has 1 aliphatic rings. The number of aromatic amines is 1. The highest BCUT2D eigenvalue weighted by Crippen LogP contribution is 2.34. The number of carbonyl (C=O) groups is 1. The van der Waals surface area contributed by atoms with Crippen LogP contribution in [0.25, 0.3) is 10.2 Å². The van der Waals surface area contributed by atoms with Gasteiger partial charge in [0.2, 0.25) is 5.91 Å². The van der Waals surface area contributed by atoms with Crippen LogP contribution in [0.15, 0.2) is 23.0 Å². The van der Waals surface area contributed by atoms with Gasteiger partial charge in [0.15, 0.2) is 11.5 Å². The molecule has 2 aromatic heterocycles. The summed E-state index contributed by atoms with van der Waals surface area (Å²) >= 11 is 2.91. The lowest BCUT2D eigenvalue weighted by atomic mass is 10.2. The van der Waals surface area contributed by atoms with E-state index in [0.717, 1.165) is 29.7 Å². The molecule has 11 heteroatoms. The fourth-order valence-corrected chi connectivity index (χ4v) is 5.63. The number of hydrogen-bond donors (Lipinski definition) is 2. The van der Waals surface area contributed by atoms with Crippen molar-refractivity contribution >= 4 is 39.2 Å². The van der Waals surface area contributed by atoms with Crippen LogP contribution in [-0.4, -0.2) is 35.3 Å². The van der Waals surface area contributed by atoms with Gasteiger partial charge in [-0.05, 0) is 42.5 Å². The molecule has 0 fully saturated rings. The van der Waals surface area contributed by atoms with Crippen LogP contribution in [-0.2, 0) is 29.9 Å². The first-order valence-corrected chi connectivity index (χ1v) is 11.9. The molecule has 0 saturated heterocycles. The number of benzene rings is 1. The lowest BCUT2D eigenvalue weighted by Crippen LogP contribution is -2.24. The van der Waals surface area contributed by atoms with Gasteiger partial charge in [0.25, 0.3) is 5.56 Å². The third-order valence-electron chi connectivity index (χ3n) is 5.03. The summed E-state index contributed by atoms with van der Waals surface area (Å²) in [5.74, 6) is 0.985. The Morgan fingerprint density at radius 2 is 2.19 bits per heavy atom. The first-order valence-electron chi connectivity index (χ1n) is 9.94. The number of aryl methyl sites for hydroxylation is 2. The standard InChI is InChI=1S/C21H21F2N3O4S2/c1-29-13-6-5-11(7-14(13)30-21(22)23)8-24-17(27)10-31-9-16-25-19(28)18-12-3-2-4-15(12)32-20(18)26-16/h5-7,21H,2-4,8-10H2,1H3,(H,24,27)(H,25,26,28). The molecule has 170 valence electrons. The van der Waals surface area contributed by atoms with E-state index >= 15 is 0 Å². The van der Waals surface area contributed by atoms with Crippen LogP contribution in [0.3, 0.4) is 0 Å². The minimum absolute atomic E-state index is 0.0893. The summed E-state index contributed by atoms with van der Waals surface area (Å²) in [5, 5.41) is 3.45. The lowest BCUT2D eigenvalue weighted by Gasteiger charge is -2.12. The number of thioether (sulfide) groups is 1. The smallest absolute Gasteiger partial charge is 0.387 e. The monoisotopic (exact) mass is 481 g/mol. The zero-order chi connectivity index (χ0) is 22.7. The third kappa shape index (κ3) is 5.04. The summed E-state index contributed by atoms with van der Waals surface area (Å²) in [5.41, 5.74) is 1.62. The number of thiophene rings is 1. The fraction of sp³-hybridized carbons (Fsp3) is 0.381. The van der Waals surface area contributed by atoms with E-state index < -0.39 is 6.61 Å². The number of nitrogens with zero attached hydrogens (tertiary/aromatic N) is 1. The van der Waals surface area contributed by atoms with Gasteiger partial charge in [-0.15, -0.1) is 23.1 Å². The Hall–Kier alpha value is -2.66. The highest BCUT2D eigenvalue weighted by molar-refractivity contribution is 7.99. The van der Waals surface area contributed by atoms with Crippen molar-refractivity contribution < 1.29 is 23.0 Å². The first kappa shape index (κ1) is 22.5. The molecule has 0 aliphatic heterocycles. The predicted octanol–water partition coefficient (Wildman–Crippen LogP) is 3.63. The van der Waals surface area contributed by atoms with Crippen molar-refractivity contribution in [2.45, 2.75) is 38.2 Å². The molecule has 3 aromatic rings. The number of methoxy groups -OCH3 is 1. The van der Waals surface area contributed by atoms with Crippen molar-refractivity contribution in [2.75, 3.05) is 12.9 Å². The zero-order valence-electron chi connectivity index (χ0n) is 17.2. The first-order chi connectivity index (χ1) is 15.4. The molecule has 1 aromatic carbocycles. The highest BCUT2D eigenvalue weighted by atomic mass is 32.2. The molecule has 1 amide bonds. The molecule has 32 heavy (non-hydrogen) atoms. The Balaban J connectivity index is 1.30. The highest BCUT2D eigenvalue weighted by Gasteiger charge is 2.21. The van der Waals surface area contributed by atoms with Gasteiger partial charge in [0.05, 0.1) is 24.0 Å². The number of nitrogens with one attached hydrogen (secondary N) is 2. The molecule has 0 bridgehead atoms. The second-order valence-corrected chi connectivity index (χ2v) is 9.25. The maximum atomic E-state index is 12.5. The van der Waals surface area contributed by atoms with E-state index in [0.29, 0.717) is 22.5 Å². The van der Waals surface area contributed by atoms with Crippen LogP contribution in [0, 0.1) is 0 Å². The van der Waals surface area contributed by atoms with Gasteiger partial charge in [-0.3, -0.25) is 9.59 Å². The summed E-state index contributed by atoms with van der Waals surface area (Å²) in [6.45, 7) is -2.82. The second kappa shape index (κ2) is 9.86. The molecular formula is C21H21F2N3O4S2. The number of H-pyrrole nitrogens is 1. The Morgan fingerprint density at radius 1 is 1.34 bits per heavy atom. The average Bonchev–Trinajstić information content (AvgIpc) is 3.33. The number of amides is 1. The number of ether oxygens (including phenoxy) is 2. The molecule has 7 nitrogen and oxygen atoms in total. The molecule has 0 spiro atoms. The summed E-state index contributed by atoms with van der Waals surface area (Å²) in [4.78, 5) is 34.1. The van der Waals surface area contributed by atoms with E-state index in [9.17, 15) is 18.4 Å². The molecule has 4 rings (SSSR count). The zero-order valence-corrected chi connectivity index (χ0v) is 18.8. The van der Waals surface area contributed by atoms with Crippen LogP contribution in [0.2, 0.25) is 0 Å². The van der Waals surface area contributed by atoms with E-state index in [-0.39, 0.29) is 35.3 Å². The van der Waals surface area contributed by atoms with Gasteiger partial charge in [0.1, 0.15) is 10.7 Å². The summed E-state index contributed by atoms with van der Waals surface area (Å²) < 4.78 is 34.5. The van der Waals surface area contributed by atoms with E-state index in [1.807, 2.05) is 0 Å². The van der Waals surface area contributed by atoms with Crippen molar-refractivity contribution in [3.63, 3.8) is 0 Å². The van der Waals surface area contributed by atoms with Crippen molar-refractivity contribution in [3.05, 3.63) is 50.4 Å². The topological polar surface area (TPSA) is 93.3 Å². The van der Waals surface area contributed by atoms with Crippen LogP contribution >= 0.6 is 23.1 Å². The van der Waals surface area contributed by atoms with Gasteiger partial charge >= 0.3 is 6.61 Å². The lowest BCUT2D eigenvalue weighted by molar-refractivity contribution is -0.118. The van der Waals surface area contributed by atoms with Gasteiger partial charge in [-0.1, -0.05) is 6.07 Å². The van der Waals surface area contributed by atoms with E-state index in [2.05, 4.69) is 20.0 Å². The quantitative estimate of drug-likeness (QED) is 0.485. The van der Waals surface area contributed by atoms with Crippen molar-refractivity contribution in [1.29, 1.82) is 0 Å². The summed E-state index contributed by atoms with van der Waals surface area (Å²) in [7, 11) is 1.36. The number of hydrogen-bond acceptors (Lipinski definition) is 7. The number of halogens is 2. The van der Waals surface area contributed by atoms with Crippen molar-refractivity contribution in [2.24, 2.45) is 0 Å². The molecular weight excluding hydrogens is 460 g/mol. The minimum Gasteiger partial charge on any atom is -0.493 e. The number of carbonyl (C=O) groups excluding carboxylic acids is 1. The average molecular weight is 482 g/mol. The SMILES string of the molecule is COc1ccc(CNC(=O)CSCc2nc3sc4c(c3c(=O)[nH]2)CCC4)cc1OC(F)F. The predicted molar refractivity (Wildman–Crippen MR) is 120 cm³/mol. The summed E-state index contributed by atoms with van der Waals surface area (Å²) in [6.07, 6.45) is 3.02. The molecule has 0 atom stereocenters. The molecule has 0 saturated carbocycles. The molecule has 0 unspecified atom stereocenters. The Morgan fingerprint density at radius 3 is 2.97 bits per heavy atom. The van der Waals surface area contributed by atoms with Gasteiger partial charge < -0.3 is 19.8 Å². The molecule has 0 radical (unpaired) electrons. The minimum atomic E-state index is -2.97. The van der Waals surface area contributed by atoms with E-state index in [4.69, 9.17) is 4.74 Å². The second-order valence-electron chi connectivity index (χ2n) is 7.18. The number of alkyl halides is 2. The number of fused-ring (bicyclic) bond motifs is 3. The Bertz CT molecular complexity index is 1200. The third-order valence-corrected chi connectivity index (χ3v) is 7.16. The maximum Gasteiger partial charge on any atom is 0.387 e. The van der Waals surface area contributed by atoms with Gasteiger partial charge in [-0.25, -0.2) is 4.98 Å². The number of aromatic nitrogens is 2. The van der Waals surface area contributed by atoms with E-state index in [1.54, 1.807) is 17.4 Å². The fourth-order valence-electron chi connectivity index (χ4n) is 3.63.